The number of aliphatic hydroxyl groups is 1. The van der Waals surface area contributed by atoms with E-state index in [1.54, 1.807) is 5.57 Å². The van der Waals surface area contributed by atoms with Crippen LogP contribution in [-0.2, 0) is 0 Å². The Morgan fingerprint density at radius 1 is 0.921 bits per heavy atom. The van der Waals surface area contributed by atoms with E-state index < -0.39 is 0 Å². The average molecular weight is 530 g/mol. The quantitative estimate of drug-likeness (QED) is 0.150. The first-order valence-corrected chi connectivity index (χ1v) is 16.7. The van der Waals surface area contributed by atoms with Crippen molar-refractivity contribution in [2.45, 2.75) is 130 Å². The number of nitrogens with two attached hydrogens (primary N) is 1. The third-order valence-corrected chi connectivity index (χ3v) is 12.1. The molecule has 0 aliphatic heterocycles. The maximum Gasteiger partial charge on any atom is 0.0724 e. The van der Waals surface area contributed by atoms with E-state index in [1.807, 2.05) is 0 Å². The normalized spacial score (nSPS) is 39.4. The second-order valence-corrected chi connectivity index (χ2v) is 14.9. The van der Waals surface area contributed by atoms with Gasteiger partial charge in [0.25, 0.3) is 0 Å². The molecule has 4 aliphatic rings. The Hall–Kier alpha value is -0.420. The van der Waals surface area contributed by atoms with Gasteiger partial charge < -0.3 is 21.5 Å². The topological polar surface area (TPSA) is 70.3 Å². The van der Waals surface area contributed by atoms with Gasteiger partial charge in [-0.1, -0.05) is 60.0 Å². The molecule has 0 spiro atoms. The number of aliphatic hydroxyl groups excluding tert-OH is 1. The molecule has 4 rings (SSSR count). The van der Waals surface area contributed by atoms with E-state index in [-0.39, 0.29) is 11.5 Å². The highest BCUT2D eigenvalue weighted by Crippen LogP contribution is 2.67. The van der Waals surface area contributed by atoms with Crippen molar-refractivity contribution in [1.29, 1.82) is 0 Å². The zero-order chi connectivity index (χ0) is 27.3. The fourth-order valence-electron chi connectivity index (χ4n) is 10.0. The maximum atomic E-state index is 10.7. The zero-order valence-electron chi connectivity index (χ0n) is 25.7. The first kappa shape index (κ1) is 30.5. The summed E-state index contributed by atoms with van der Waals surface area (Å²) < 4.78 is 0. The van der Waals surface area contributed by atoms with Crippen molar-refractivity contribution in [3.63, 3.8) is 0 Å². The standard InChI is InChI=1S/C34H63N3O/c1-24(2)10-8-11-25(3)28-12-13-29-27-23-32(37-21-7-6-19-36-20-9-18-35)31-22-26(38)14-16-34(31,5)30(27)15-17-33(28,29)4/h22,24-30,32,36-38H,6-21,23,35H2,1-5H3. The number of nitrogens with one attached hydrogen (secondary N) is 2. The molecule has 4 aliphatic carbocycles. The van der Waals surface area contributed by atoms with E-state index in [4.69, 9.17) is 5.73 Å². The molecule has 4 nitrogen and oxygen atoms in total. The van der Waals surface area contributed by atoms with E-state index in [0.717, 1.165) is 74.5 Å². The van der Waals surface area contributed by atoms with Crippen molar-refractivity contribution in [3.8, 4) is 0 Å². The lowest BCUT2D eigenvalue weighted by molar-refractivity contribution is -0.0687. The van der Waals surface area contributed by atoms with Crippen LogP contribution < -0.4 is 16.4 Å². The maximum absolute atomic E-state index is 10.7. The Balaban J connectivity index is 1.43. The fourth-order valence-corrected chi connectivity index (χ4v) is 10.0. The number of fused-ring (bicyclic) bond motifs is 5. The summed E-state index contributed by atoms with van der Waals surface area (Å²) >= 11 is 0. The third-order valence-electron chi connectivity index (χ3n) is 12.1. The molecular weight excluding hydrogens is 466 g/mol. The average Bonchev–Trinajstić information content (AvgIpc) is 3.23. The first-order valence-electron chi connectivity index (χ1n) is 16.7. The summed E-state index contributed by atoms with van der Waals surface area (Å²) in [6.45, 7) is 16.6. The number of unbranched alkanes of at least 4 members (excludes halogenated alkanes) is 1. The van der Waals surface area contributed by atoms with Gasteiger partial charge in [-0.05, 0) is 142 Å². The Labute approximate surface area is 235 Å². The number of hydrogen-bond donors (Lipinski definition) is 4. The van der Waals surface area contributed by atoms with Gasteiger partial charge in [0.15, 0.2) is 0 Å². The molecular formula is C34H63N3O. The molecule has 9 unspecified atom stereocenters. The first-order chi connectivity index (χ1) is 18.2. The lowest BCUT2D eigenvalue weighted by Crippen LogP contribution is -2.57. The molecule has 0 radical (unpaired) electrons. The number of hydrogen-bond acceptors (Lipinski definition) is 4. The van der Waals surface area contributed by atoms with Gasteiger partial charge in [-0.25, -0.2) is 0 Å². The van der Waals surface area contributed by atoms with Crippen LogP contribution in [0.2, 0.25) is 0 Å². The molecule has 4 heteroatoms. The van der Waals surface area contributed by atoms with E-state index in [9.17, 15) is 5.11 Å². The van der Waals surface area contributed by atoms with Crippen molar-refractivity contribution in [2.75, 3.05) is 26.2 Å². The minimum absolute atomic E-state index is 0.248. The van der Waals surface area contributed by atoms with Crippen LogP contribution in [0.1, 0.15) is 118 Å². The van der Waals surface area contributed by atoms with Crippen LogP contribution in [-0.4, -0.2) is 43.4 Å². The Kier molecular flexibility index (Phi) is 10.8. The molecule has 0 aromatic heterocycles. The second kappa shape index (κ2) is 13.5. The van der Waals surface area contributed by atoms with Crippen molar-refractivity contribution in [3.05, 3.63) is 11.6 Å². The molecule has 0 bridgehead atoms. The molecule has 3 saturated carbocycles. The lowest BCUT2D eigenvalue weighted by atomic mass is 9.45. The van der Waals surface area contributed by atoms with Crippen molar-refractivity contribution in [2.24, 2.45) is 52.1 Å². The van der Waals surface area contributed by atoms with Crippen LogP contribution >= 0.6 is 0 Å². The molecule has 0 aromatic carbocycles. The highest BCUT2D eigenvalue weighted by atomic mass is 16.3. The van der Waals surface area contributed by atoms with Crippen molar-refractivity contribution < 1.29 is 5.11 Å². The predicted octanol–water partition coefficient (Wildman–Crippen LogP) is 6.68. The predicted molar refractivity (Wildman–Crippen MR) is 162 cm³/mol. The zero-order valence-corrected chi connectivity index (χ0v) is 25.7. The summed E-state index contributed by atoms with van der Waals surface area (Å²) in [7, 11) is 0. The van der Waals surface area contributed by atoms with Gasteiger partial charge in [-0.2, -0.15) is 0 Å². The van der Waals surface area contributed by atoms with Gasteiger partial charge in [-0.3, -0.25) is 0 Å². The molecule has 0 saturated heterocycles. The molecule has 220 valence electrons. The van der Waals surface area contributed by atoms with E-state index in [1.165, 1.54) is 70.6 Å². The Morgan fingerprint density at radius 2 is 1.68 bits per heavy atom. The lowest BCUT2D eigenvalue weighted by Gasteiger charge is -2.60. The molecule has 3 fully saturated rings. The summed E-state index contributed by atoms with van der Waals surface area (Å²) in [4.78, 5) is 0. The summed E-state index contributed by atoms with van der Waals surface area (Å²) in [5.41, 5.74) is 7.98. The summed E-state index contributed by atoms with van der Waals surface area (Å²) in [6, 6.07) is 0.450. The van der Waals surface area contributed by atoms with Crippen LogP contribution in [0.3, 0.4) is 0 Å². The van der Waals surface area contributed by atoms with Crippen molar-refractivity contribution in [1.82, 2.24) is 10.6 Å². The van der Waals surface area contributed by atoms with Crippen molar-refractivity contribution >= 4 is 0 Å². The van der Waals surface area contributed by atoms with Crippen LogP contribution in [0.25, 0.3) is 0 Å². The molecule has 0 aromatic rings. The Morgan fingerprint density at radius 3 is 2.45 bits per heavy atom. The second-order valence-electron chi connectivity index (χ2n) is 14.9. The SMILES string of the molecule is CC(C)CCCC(C)C1CCC2C3CC(NCCCCNCCCN)C4=CC(O)CCC4(C)C3CCC12C. The van der Waals surface area contributed by atoms with Crippen LogP contribution in [0, 0.1) is 46.3 Å². The minimum atomic E-state index is -0.248. The third kappa shape index (κ3) is 6.55. The van der Waals surface area contributed by atoms with E-state index in [0.29, 0.717) is 11.5 Å². The largest absolute Gasteiger partial charge is 0.389 e. The highest BCUT2D eigenvalue weighted by Gasteiger charge is 2.60. The molecule has 9 atom stereocenters. The van der Waals surface area contributed by atoms with E-state index in [2.05, 4.69) is 51.3 Å². The molecule has 0 amide bonds. The summed E-state index contributed by atoms with van der Waals surface area (Å²) in [5, 5.41) is 18.2. The van der Waals surface area contributed by atoms with Crippen LogP contribution in [0.15, 0.2) is 11.6 Å². The fraction of sp³-hybridized carbons (Fsp3) is 0.941. The minimum Gasteiger partial charge on any atom is -0.389 e. The monoisotopic (exact) mass is 529 g/mol. The van der Waals surface area contributed by atoms with Gasteiger partial charge in [0.2, 0.25) is 0 Å². The van der Waals surface area contributed by atoms with Gasteiger partial charge in [0, 0.05) is 6.04 Å². The molecule has 38 heavy (non-hydrogen) atoms. The van der Waals surface area contributed by atoms with Gasteiger partial charge >= 0.3 is 0 Å². The summed E-state index contributed by atoms with van der Waals surface area (Å²) in [6.07, 6.45) is 18.9. The van der Waals surface area contributed by atoms with Crippen LogP contribution in [0.5, 0.6) is 0 Å². The summed E-state index contributed by atoms with van der Waals surface area (Å²) in [5.74, 6) is 5.15. The Bertz CT molecular complexity index is 767. The van der Waals surface area contributed by atoms with Gasteiger partial charge in [-0.15, -0.1) is 0 Å². The molecule has 5 N–H and O–H groups in total. The van der Waals surface area contributed by atoms with Gasteiger partial charge in [0.05, 0.1) is 6.10 Å². The smallest absolute Gasteiger partial charge is 0.0724 e. The van der Waals surface area contributed by atoms with Crippen LogP contribution in [0.4, 0.5) is 0 Å². The van der Waals surface area contributed by atoms with Gasteiger partial charge in [0.1, 0.15) is 0 Å². The molecule has 0 heterocycles. The highest BCUT2D eigenvalue weighted by molar-refractivity contribution is 5.30. The number of rotatable bonds is 14. The van der Waals surface area contributed by atoms with E-state index >= 15 is 0 Å².